The molecule has 2 aromatic carbocycles. The van der Waals surface area contributed by atoms with Gasteiger partial charge in [-0.25, -0.2) is 0 Å². The standard InChI is InChI=1S/C25H33N3O/c29-25(26-22-10-11-22)21-8-4-14-28(18-21)23-12-15-27(16-13-23)17-20-7-3-6-19-5-1-2-9-24(19)20/h1-3,5-7,9,21-23H,4,8,10-18H2,(H,26,29)/t21-/m0/s1. The van der Waals surface area contributed by atoms with Gasteiger partial charge in [0.05, 0.1) is 5.92 Å². The molecule has 4 heteroatoms. The Morgan fingerprint density at radius 1 is 0.931 bits per heavy atom. The number of nitrogens with zero attached hydrogens (tertiary/aromatic N) is 2. The highest BCUT2D eigenvalue weighted by molar-refractivity contribution is 5.85. The van der Waals surface area contributed by atoms with Crippen LogP contribution in [0.2, 0.25) is 0 Å². The maximum atomic E-state index is 12.5. The van der Waals surface area contributed by atoms with E-state index in [4.69, 9.17) is 0 Å². The summed E-state index contributed by atoms with van der Waals surface area (Å²) < 4.78 is 0. The van der Waals surface area contributed by atoms with Crippen LogP contribution in [0.5, 0.6) is 0 Å². The number of carbonyl (C=O) groups excluding carboxylic acids is 1. The van der Waals surface area contributed by atoms with Gasteiger partial charge in [0.2, 0.25) is 5.91 Å². The van der Waals surface area contributed by atoms with Crippen LogP contribution >= 0.6 is 0 Å². The van der Waals surface area contributed by atoms with E-state index in [1.165, 1.54) is 55.0 Å². The van der Waals surface area contributed by atoms with Crippen molar-refractivity contribution in [2.75, 3.05) is 26.2 Å². The van der Waals surface area contributed by atoms with Gasteiger partial charge < -0.3 is 5.32 Å². The summed E-state index contributed by atoms with van der Waals surface area (Å²) in [5.41, 5.74) is 1.44. The van der Waals surface area contributed by atoms with E-state index < -0.39 is 0 Å². The van der Waals surface area contributed by atoms with Crippen molar-refractivity contribution in [3.63, 3.8) is 0 Å². The van der Waals surface area contributed by atoms with Crippen LogP contribution in [0, 0.1) is 5.92 Å². The summed E-state index contributed by atoms with van der Waals surface area (Å²) in [5, 5.41) is 5.95. The Balaban J connectivity index is 1.15. The lowest BCUT2D eigenvalue weighted by Crippen LogP contribution is -2.50. The van der Waals surface area contributed by atoms with Crippen LogP contribution in [0.3, 0.4) is 0 Å². The fourth-order valence-electron chi connectivity index (χ4n) is 5.21. The molecule has 0 bridgehead atoms. The van der Waals surface area contributed by atoms with E-state index in [2.05, 4.69) is 57.6 Å². The largest absolute Gasteiger partial charge is 0.353 e. The molecule has 4 nitrogen and oxygen atoms in total. The normalized spacial score (nSPS) is 24.6. The van der Waals surface area contributed by atoms with E-state index in [1.54, 1.807) is 0 Å². The molecule has 1 saturated carbocycles. The number of hydrogen-bond acceptors (Lipinski definition) is 3. The van der Waals surface area contributed by atoms with Crippen molar-refractivity contribution in [1.29, 1.82) is 0 Å². The average Bonchev–Trinajstić information content (AvgIpc) is 3.59. The van der Waals surface area contributed by atoms with Crippen LogP contribution in [0.25, 0.3) is 10.8 Å². The lowest BCUT2D eigenvalue weighted by molar-refractivity contribution is -0.127. The fraction of sp³-hybridized carbons (Fsp3) is 0.560. The Morgan fingerprint density at radius 3 is 2.55 bits per heavy atom. The zero-order valence-electron chi connectivity index (χ0n) is 17.4. The highest BCUT2D eigenvalue weighted by Gasteiger charge is 2.33. The van der Waals surface area contributed by atoms with Gasteiger partial charge >= 0.3 is 0 Å². The molecule has 154 valence electrons. The summed E-state index contributed by atoms with van der Waals surface area (Å²) in [6, 6.07) is 16.5. The molecule has 0 unspecified atom stereocenters. The van der Waals surface area contributed by atoms with Gasteiger partial charge in [0, 0.05) is 25.2 Å². The van der Waals surface area contributed by atoms with Crippen molar-refractivity contribution in [2.45, 2.75) is 57.2 Å². The molecule has 2 aromatic rings. The van der Waals surface area contributed by atoms with Crippen LogP contribution in [-0.4, -0.2) is 54.0 Å². The lowest BCUT2D eigenvalue weighted by Gasteiger charge is -2.42. The second-order valence-electron chi connectivity index (χ2n) is 9.26. The van der Waals surface area contributed by atoms with Gasteiger partial charge in [-0.2, -0.15) is 0 Å². The SMILES string of the molecule is O=C(NC1CC1)[C@H]1CCCN(C2CCN(Cc3cccc4ccccc34)CC2)C1. The number of likely N-dealkylation sites (tertiary alicyclic amines) is 2. The Bertz CT molecular complexity index is 849. The van der Waals surface area contributed by atoms with E-state index in [9.17, 15) is 4.79 Å². The van der Waals surface area contributed by atoms with E-state index in [-0.39, 0.29) is 5.92 Å². The Morgan fingerprint density at radius 2 is 1.72 bits per heavy atom. The van der Waals surface area contributed by atoms with Crippen LogP contribution in [-0.2, 0) is 11.3 Å². The summed E-state index contributed by atoms with van der Waals surface area (Å²) in [4.78, 5) is 17.7. The molecule has 2 saturated heterocycles. The molecule has 5 rings (SSSR count). The number of nitrogens with one attached hydrogen (secondary N) is 1. The van der Waals surface area contributed by atoms with Gasteiger partial charge in [-0.3, -0.25) is 14.6 Å². The number of amides is 1. The first kappa shape index (κ1) is 19.1. The zero-order valence-corrected chi connectivity index (χ0v) is 17.4. The molecule has 3 aliphatic rings. The summed E-state index contributed by atoms with van der Waals surface area (Å²) in [6.07, 6.45) is 7.03. The van der Waals surface area contributed by atoms with Crippen molar-refractivity contribution >= 4 is 16.7 Å². The van der Waals surface area contributed by atoms with Gasteiger partial charge in [0.25, 0.3) is 0 Å². The van der Waals surface area contributed by atoms with Crippen LogP contribution in [0.15, 0.2) is 42.5 Å². The molecule has 1 aliphatic carbocycles. The molecule has 1 atom stereocenters. The molecule has 1 amide bonds. The quantitative estimate of drug-likeness (QED) is 0.842. The molecule has 0 radical (unpaired) electrons. The van der Waals surface area contributed by atoms with Crippen molar-refractivity contribution < 1.29 is 4.79 Å². The zero-order chi connectivity index (χ0) is 19.6. The molecule has 3 fully saturated rings. The lowest BCUT2D eigenvalue weighted by atomic mass is 9.93. The molecular formula is C25H33N3O. The molecule has 29 heavy (non-hydrogen) atoms. The minimum absolute atomic E-state index is 0.207. The smallest absolute Gasteiger partial charge is 0.224 e. The van der Waals surface area contributed by atoms with Crippen LogP contribution in [0.1, 0.15) is 44.1 Å². The second kappa shape index (κ2) is 8.45. The number of carbonyl (C=O) groups is 1. The summed E-state index contributed by atoms with van der Waals surface area (Å²) in [6.45, 7) is 5.49. The minimum atomic E-state index is 0.207. The predicted molar refractivity (Wildman–Crippen MR) is 118 cm³/mol. The molecule has 2 heterocycles. The first-order valence-electron chi connectivity index (χ1n) is 11.5. The van der Waals surface area contributed by atoms with Gasteiger partial charge in [-0.1, -0.05) is 42.5 Å². The van der Waals surface area contributed by atoms with Gasteiger partial charge in [0.1, 0.15) is 0 Å². The number of fused-ring (bicyclic) bond motifs is 1. The van der Waals surface area contributed by atoms with Crippen molar-refractivity contribution in [3.8, 4) is 0 Å². The third-order valence-corrected chi connectivity index (χ3v) is 7.09. The number of hydrogen-bond donors (Lipinski definition) is 1. The predicted octanol–water partition coefficient (Wildman–Crippen LogP) is 3.79. The number of rotatable bonds is 5. The summed E-state index contributed by atoms with van der Waals surface area (Å²) in [5.74, 6) is 0.517. The Kier molecular flexibility index (Phi) is 5.56. The first-order chi connectivity index (χ1) is 14.3. The van der Waals surface area contributed by atoms with Crippen LogP contribution < -0.4 is 5.32 Å². The molecular weight excluding hydrogens is 358 g/mol. The maximum Gasteiger partial charge on any atom is 0.224 e. The van der Waals surface area contributed by atoms with Gasteiger partial charge in [-0.15, -0.1) is 0 Å². The van der Waals surface area contributed by atoms with Crippen molar-refractivity contribution in [1.82, 2.24) is 15.1 Å². The topological polar surface area (TPSA) is 35.6 Å². The summed E-state index contributed by atoms with van der Waals surface area (Å²) in [7, 11) is 0. The summed E-state index contributed by atoms with van der Waals surface area (Å²) >= 11 is 0. The highest BCUT2D eigenvalue weighted by atomic mass is 16.2. The fourth-order valence-corrected chi connectivity index (χ4v) is 5.21. The van der Waals surface area contributed by atoms with Crippen LogP contribution in [0.4, 0.5) is 0 Å². The molecule has 0 spiro atoms. The Labute approximate surface area is 174 Å². The maximum absolute atomic E-state index is 12.5. The highest BCUT2D eigenvalue weighted by Crippen LogP contribution is 2.27. The van der Waals surface area contributed by atoms with Crippen molar-refractivity contribution in [2.24, 2.45) is 5.92 Å². The van der Waals surface area contributed by atoms with Gasteiger partial charge in [0.15, 0.2) is 0 Å². The molecule has 1 N–H and O–H groups in total. The monoisotopic (exact) mass is 391 g/mol. The first-order valence-corrected chi connectivity index (χ1v) is 11.5. The average molecular weight is 392 g/mol. The van der Waals surface area contributed by atoms with Crippen molar-refractivity contribution in [3.05, 3.63) is 48.0 Å². The molecule has 2 aliphatic heterocycles. The number of piperidine rings is 2. The molecule has 0 aromatic heterocycles. The van der Waals surface area contributed by atoms with E-state index in [0.717, 1.165) is 32.6 Å². The van der Waals surface area contributed by atoms with E-state index in [0.29, 0.717) is 18.0 Å². The van der Waals surface area contributed by atoms with Gasteiger partial charge in [-0.05, 0) is 74.5 Å². The second-order valence-corrected chi connectivity index (χ2v) is 9.26. The van der Waals surface area contributed by atoms with E-state index >= 15 is 0 Å². The third kappa shape index (κ3) is 4.49. The third-order valence-electron chi connectivity index (χ3n) is 7.09. The minimum Gasteiger partial charge on any atom is -0.353 e. The number of benzene rings is 2. The Hall–Kier alpha value is -1.91. The van der Waals surface area contributed by atoms with E-state index in [1.807, 2.05) is 0 Å².